The molecule has 0 saturated carbocycles. The van der Waals surface area contributed by atoms with Crippen LogP contribution in [0.2, 0.25) is 10.0 Å². The zero-order valence-electron chi connectivity index (χ0n) is 12.3. The summed E-state index contributed by atoms with van der Waals surface area (Å²) in [6.45, 7) is 3.88. The topological polar surface area (TPSA) is 46.5 Å². The van der Waals surface area contributed by atoms with Gasteiger partial charge in [0.25, 0.3) is 0 Å². The van der Waals surface area contributed by atoms with E-state index in [-0.39, 0.29) is 6.42 Å². The Bertz CT molecular complexity index is 678. The standard InChI is InChI=1S/C17H16Cl2O3/c1-10-5-11(2)7-13(6-10)22-16(17(20)21)9-12-3-4-14(18)15(19)8-12/h3-8,16H,9H2,1-2H3,(H,20,21). The summed E-state index contributed by atoms with van der Waals surface area (Å²) in [5.41, 5.74) is 2.80. The average molecular weight is 339 g/mol. The van der Waals surface area contributed by atoms with Gasteiger partial charge in [-0.15, -0.1) is 0 Å². The molecule has 0 aliphatic heterocycles. The number of aryl methyl sites for hydroxylation is 2. The van der Waals surface area contributed by atoms with Crippen LogP contribution in [-0.4, -0.2) is 17.2 Å². The molecule has 0 spiro atoms. The van der Waals surface area contributed by atoms with Crippen LogP contribution < -0.4 is 4.74 Å². The fourth-order valence-corrected chi connectivity index (χ4v) is 2.55. The van der Waals surface area contributed by atoms with E-state index in [1.165, 1.54) is 0 Å². The lowest BCUT2D eigenvalue weighted by Gasteiger charge is -2.16. The highest BCUT2D eigenvalue weighted by molar-refractivity contribution is 6.42. The number of carbonyl (C=O) groups is 1. The number of ether oxygens (including phenoxy) is 1. The first-order valence-electron chi connectivity index (χ1n) is 6.77. The van der Waals surface area contributed by atoms with Crippen molar-refractivity contribution in [3.05, 3.63) is 63.1 Å². The van der Waals surface area contributed by atoms with Gasteiger partial charge in [-0.25, -0.2) is 4.79 Å². The van der Waals surface area contributed by atoms with Crippen molar-refractivity contribution in [1.82, 2.24) is 0 Å². The van der Waals surface area contributed by atoms with Gasteiger partial charge in [-0.1, -0.05) is 35.3 Å². The lowest BCUT2D eigenvalue weighted by molar-refractivity contribution is -0.145. The highest BCUT2D eigenvalue weighted by Gasteiger charge is 2.20. The quantitative estimate of drug-likeness (QED) is 0.860. The number of hydrogen-bond acceptors (Lipinski definition) is 2. The lowest BCUT2D eigenvalue weighted by Crippen LogP contribution is -2.29. The second kappa shape index (κ2) is 7.03. The van der Waals surface area contributed by atoms with Crippen molar-refractivity contribution in [2.75, 3.05) is 0 Å². The first-order chi connectivity index (χ1) is 10.3. The van der Waals surface area contributed by atoms with Gasteiger partial charge in [0.2, 0.25) is 0 Å². The summed E-state index contributed by atoms with van der Waals surface area (Å²) in [5.74, 6) is -0.477. The smallest absolute Gasteiger partial charge is 0.345 e. The molecule has 0 radical (unpaired) electrons. The van der Waals surface area contributed by atoms with Crippen molar-refractivity contribution >= 4 is 29.2 Å². The predicted molar refractivity (Wildman–Crippen MR) is 88.1 cm³/mol. The van der Waals surface area contributed by atoms with Gasteiger partial charge in [-0.05, 0) is 54.8 Å². The predicted octanol–water partition coefficient (Wildman–Crippen LogP) is 4.68. The Morgan fingerprint density at radius 1 is 1.09 bits per heavy atom. The van der Waals surface area contributed by atoms with Gasteiger partial charge in [0.05, 0.1) is 10.0 Å². The molecule has 0 amide bonds. The molecule has 0 saturated heterocycles. The summed E-state index contributed by atoms with van der Waals surface area (Å²) in [6.07, 6.45) is -0.780. The van der Waals surface area contributed by atoms with Gasteiger partial charge in [0, 0.05) is 6.42 Å². The number of hydrogen-bond donors (Lipinski definition) is 1. The van der Waals surface area contributed by atoms with E-state index in [9.17, 15) is 9.90 Å². The Kier molecular flexibility index (Phi) is 5.33. The van der Waals surface area contributed by atoms with Crippen LogP contribution in [0.4, 0.5) is 0 Å². The summed E-state index contributed by atoms with van der Waals surface area (Å²) in [4.78, 5) is 11.4. The number of benzene rings is 2. The van der Waals surface area contributed by atoms with Gasteiger partial charge in [0.15, 0.2) is 6.10 Å². The molecular weight excluding hydrogens is 323 g/mol. The summed E-state index contributed by atoms with van der Waals surface area (Å²) in [7, 11) is 0. The number of halogens is 2. The lowest BCUT2D eigenvalue weighted by atomic mass is 10.1. The molecular formula is C17H16Cl2O3. The van der Waals surface area contributed by atoms with E-state index in [1.54, 1.807) is 18.2 Å². The van der Waals surface area contributed by atoms with Crippen LogP contribution in [0.5, 0.6) is 5.75 Å². The van der Waals surface area contributed by atoms with Gasteiger partial charge in [-0.3, -0.25) is 0 Å². The Morgan fingerprint density at radius 3 is 2.27 bits per heavy atom. The van der Waals surface area contributed by atoms with Gasteiger partial charge in [-0.2, -0.15) is 0 Å². The molecule has 2 aromatic carbocycles. The SMILES string of the molecule is Cc1cc(C)cc(OC(Cc2ccc(Cl)c(Cl)c2)C(=O)O)c1. The highest BCUT2D eigenvalue weighted by Crippen LogP contribution is 2.24. The van der Waals surface area contributed by atoms with Crippen molar-refractivity contribution in [3.63, 3.8) is 0 Å². The van der Waals surface area contributed by atoms with Crippen LogP contribution in [0.15, 0.2) is 36.4 Å². The molecule has 2 aromatic rings. The third kappa shape index (κ3) is 4.39. The van der Waals surface area contributed by atoms with E-state index in [4.69, 9.17) is 27.9 Å². The van der Waals surface area contributed by atoms with Gasteiger partial charge >= 0.3 is 5.97 Å². The normalized spacial score (nSPS) is 12.0. The van der Waals surface area contributed by atoms with Crippen molar-refractivity contribution in [1.29, 1.82) is 0 Å². The number of aliphatic carboxylic acids is 1. The molecule has 5 heteroatoms. The summed E-state index contributed by atoms with van der Waals surface area (Å²) in [5, 5.41) is 10.2. The fraction of sp³-hybridized carbons (Fsp3) is 0.235. The largest absolute Gasteiger partial charge is 0.478 e. The fourth-order valence-electron chi connectivity index (χ4n) is 2.23. The maximum atomic E-state index is 11.4. The Balaban J connectivity index is 2.19. The molecule has 0 heterocycles. The van der Waals surface area contributed by atoms with E-state index >= 15 is 0 Å². The maximum absolute atomic E-state index is 11.4. The molecule has 0 aromatic heterocycles. The van der Waals surface area contributed by atoms with Crippen LogP contribution in [-0.2, 0) is 11.2 Å². The number of carboxylic acid groups (broad SMARTS) is 1. The Hall–Kier alpha value is -1.71. The zero-order chi connectivity index (χ0) is 16.3. The zero-order valence-corrected chi connectivity index (χ0v) is 13.8. The minimum absolute atomic E-state index is 0.208. The first kappa shape index (κ1) is 16.7. The molecule has 2 rings (SSSR count). The van der Waals surface area contributed by atoms with Crippen LogP contribution >= 0.6 is 23.2 Å². The molecule has 0 aliphatic rings. The minimum atomic E-state index is -1.02. The summed E-state index contributed by atoms with van der Waals surface area (Å²) in [6, 6.07) is 10.7. The van der Waals surface area contributed by atoms with Crippen molar-refractivity contribution in [2.24, 2.45) is 0 Å². The minimum Gasteiger partial charge on any atom is -0.478 e. The van der Waals surface area contributed by atoms with Crippen LogP contribution in [0.1, 0.15) is 16.7 Å². The molecule has 0 fully saturated rings. The third-order valence-electron chi connectivity index (χ3n) is 3.15. The highest BCUT2D eigenvalue weighted by atomic mass is 35.5. The monoisotopic (exact) mass is 338 g/mol. The van der Waals surface area contributed by atoms with Crippen LogP contribution in [0, 0.1) is 13.8 Å². The van der Waals surface area contributed by atoms with Crippen LogP contribution in [0.3, 0.4) is 0 Å². The third-order valence-corrected chi connectivity index (χ3v) is 3.89. The summed E-state index contributed by atoms with van der Waals surface area (Å²) < 4.78 is 5.64. The second-order valence-corrected chi connectivity index (χ2v) is 6.04. The van der Waals surface area contributed by atoms with E-state index in [0.29, 0.717) is 15.8 Å². The number of carboxylic acids is 1. The van der Waals surface area contributed by atoms with E-state index < -0.39 is 12.1 Å². The molecule has 1 N–H and O–H groups in total. The molecule has 116 valence electrons. The molecule has 0 aliphatic carbocycles. The number of rotatable bonds is 5. The van der Waals surface area contributed by atoms with Gasteiger partial charge < -0.3 is 9.84 Å². The van der Waals surface area contributed by atoms with Gasteiger partial charge in [0.1, 0.15) is 5.75 Å². The van der Waals surface area contributed by atoms with Crippen molar-refractivity contribution in [2.45, 2.75) is 26.4 Å². The Morgan fingerprint density at radius 2 is 1.73 bits per heavy atom. The Labute approximate surface area is 139 Å². The summed E-state index contributed by atoms with van der Waals surface area (Å²) >= 11 is 11.8. The second-order valence-electron chi connectivity index (χ2n) is 5.22. The first-order valence-corrected chi connectivity index (χ1v) is 7.52. The molecule has 1 unspecified atom stereocenters. The maximum Gasteiger partial charge on any atom is 0.345 e. The van der Waals surface area contributed by atoms with E-state index in [1.807, 2.05) is 32.0 Å². The van der Waals surface area contributed by atoms with Crippen molar-refractivity contribution < 1.29 is 14.6 Å². The van der Waals surface area contributed by atoms with E-state index in [0.717, 1.165) is 16.7 Å². The average Bonchev–Trinajstić information content (AvgIpc) is 2.41. The molecule has 22 heavy (non-hydrogen) atoms. The molecule has 3 nitrogen and oxygen atoms in total. The molecule has 1 atom stereocenters. The van der Waals surface area contributed by atoms with Crippen LogP contribution in [0.25, 0.3) is 0 Å². The molecule has 0 bridgehead atoms. The van der Waals surface area contributed by atoms with E-state index in [2.05, 4.69) is 0 Å². The van der Waals surface area contributed by atoms with Crippen molar-refractivity contribution in [3.8, 4) is 5.75 Å².